The largest absolute Gasteiger partial charge is 0.477 e. The van der Waals surface area contributed by atoms with Crippen LogP contribution in [-0.4, -0.2) is 16.1 Å². The summed E-state index contributed by atoms with van der Waals surface area (Å²) < 4.78 is 0. The molecule has 0 aliphatic rings. The molecule has 2 aromatic carbocycles. The Bertz CT molecular complexity index is 795. The lowest BCUT2D eigenvalue weighted by Crippen LogP contribution is -2.05. The van der Waals surface area contributed by atoms with E-state index in [-0.39, 0.29) is 5.69 Å². The second-order valence-corrected chi connectivity index (χ2v) is 4.65. The Kier molecular flexibility index (Phi) is 2.95. The van der Waals surface area contributed by atoms with Crippen molar-refractivity contribution in [3.05, 3.63) is 65.9 Å². The zero-order valence-electron chi connectivity index (χ0n) is 11.0. The Morgan fingerprint density at radius 1 is 1.00 bits per heavy atom. The highest BCUT2D eigenvalue weighted by molar-refractivity contribution is 6.01. The minimum absolute atomic E-state index is 0.113. The molecule has 3 aromatic rings. The molecule has 0 saturated heterocycles. The van der Waals surface area contributed by atoms with Gasteiger partial charge in [0.1, 0.15) is 0 Å². The van der Waals surface area contributed by atoms with Gasteiger partial charge in [-0.25, -0.2) is 9.78 Å². The van der Waals surface area contributed by atoms with Crippen LogP contribution in [-0.2, 0) is 0 Å². The third-order valence-electron chi connectivity index (χ3n) is 3.40. The quantitative estimate of drug-likeness (QED) is 0.762. The summed E-state index contributed by atoms with van der Waals surface area (Å²) in [6.45, 7) is 1.81. The van der Waals surface area contributed by atoms with Crippen LogP contribution in [0.3, 0.4) is 0 Å². The molecule has 3 rings (SSSR count). The minimum Gasteiger partial charge on any atom is -0.477 e. The number of pyridine rings is 1. The third kappa shape index (κ3) is 1.93. The molecule has 1 aromatic heterocycles. The molecule has 0 spiro atoms. The fourth-order valence-electron chi connectivity index (χ4n) is 2.49. The monoisotopic (exact) mass is 263 g/mol. The molecule has 0 aliphatic heterocycles. The van der Waals surface area contributed by atoms with Crippen LogP contribution in [0.4, 0.5) is 0 Å². The molecule has 0 atom stereocenters. The summed E-state index contributed by atoms with van der Waals surface area (Å²) >= 11 is 0. The van der Waals surface area contributed by atoms with E-state index in [1.165, 1.54) is 0 Å². The van der Waals surface area contributed by atoms with Gasteiger partial charge in [0.25, 0.3) is 0 Å². The van der Waals surface area contributed by atoms with E-state index in [4.69, 9.17) is 0 Å². The summed E-state index contributed by atoms with van der Waals surface area (Å²) in [4.78, 5) is 15.6. The van der Waals surface area contributed by atoms with Crippen molar-refractivity contribution in [2.45, 2.75) is 6.92 Å². The summed E-state index contributed by atoms with van der Waals surface area (Å²) in [6, 6.07) is 17.4. The van der Waals surface area contributed by atoms with Gasteiger partial charge in [-0.05, 0) is 29.7 Å². The number of benzene rings is 2. The van der Waals surface area contributed by atoms with Crippen LogP contribution >= 0.6 is 0 Å². The number of carbonyl (C=O) groups is 1. The van der Waals surface area contributed by atoms with Crippen molar-refractivity contribution >= 4 is 16.9 Å². The van der Waals surface area contributed by atoms with Gasteiger partial charge in [-0.1, -0.05) is 48.5 Å². The number of hydrogen-bond donors (Lipinski definition) is 1. The lowest BCUT2D eigenvalue weighted by Gasteiger charge is -2.12. The molecule has 0 aliphatic carbocycles. The van der Waals surface area contributed by atoms with Crippen LogP contribution in [0.5, 0.6) is 0 Å². The van der Waals surface area contributed by atoms with Crippen LogP contribution in [0.25, 0.3) is 22.0 Å². The first-order valence-corrected chi connectivity index (χ1v) is 6.36. The molecule has 98 valence electrons. The lowest BCUT2D eigenvalue weighted by molar-refractivity contribution is 0.0690. The topological polar surface area (TPSA) is 50.2 Å². The molecular formula is C17H13NO2. The van der Waals surface area contributed by atoms with Crippen molar-refractivity contribution in [3.8, 4) is 11.1 Å². The number of aromatic nitrogens is 1. The molecule has 3 nitrogen and oxygen atoms in total. The van der Waals surface area contributed by atoms with E-state index in [1.54, 1.807) is 0 Å². The maximum absolute atomic E-state index is 11.4. The van der Waals surface area contributed by atoms with Crippen LogP contribution < -0.4 is 0 Å². The van der Waals surface area contributed by atoms with Crippen LogP contribution in [0.1, 0.15) is 16.1 Å². The highest BCUT2D eigenvalue weighted by Gasteiger charge is 2.17. The molecule has 0 fully saturated rings. The fourth-order valence-corrected chi connectivity index (χ4v) is 2.49. The molecule has 3 heteroatoms. The van der Waals surface area contributed by atoms with Gasteiger partial charge in [0.15, 0.2) is 5.69 Å². The molecule has 0 amide bonds. The predicted molar refractivity (Wildman–Crippen MR) is 78.9 cm³/mol. The van der Waals surface area contributed by atoms with Crippen molar-refractivity contribution in [1.29, 1.82) is 0 Å². The van der Waals surface area contributed by atoms with Gasteiger partial charge < -0.3 is 5.11 Å². The van der Waals surface area contributed by atoms with E-state index in [2.05, 4.69) is 4.98 Å². The molecule has 1 N–H and O–H groups in total. The number of para-hydroxylation sites is 1. The van der Waals surface area contributed by atoms with Crippen LogP contribution in [0.15, 0.2) is 54.6 Å². The number of carboxylic acid groups (broad SMARTS) is 1. The summed E-state index contributed by atoms with van der Waals surface area (Å²) in [5, 5.41) is 10.3. The Morgan fingerprint density at radius 3 is 2.35 bits per heavy atom. The number of hydrogen-bond acceptors (Lipinski definition) is 2. The molecule has 0 radical (unpaired) electrons. The molecule has 0 unspecified atom stereocenters. The number of carboxylic acids is 1. The minimum atomic E-state index is -0.995. The second kappa shape index (κ2) is 4.78. The number of nitrogens with zero attached hydrogens (tertiary/aromatic N) is 1. The van der Waals surface area contributed by atoms with Gasteiger partial charge in [0.2, 0.25) is 0 Å². The maximum atomic E-state index is 11.4. The van der Waals surface area contributed by atoms with Gasteiger partial charge in [0.05, 0.1) is 5.52 Å². The number of rotatable bonds is 2. The predicted octanol–water partition coefficient (Wildman–Crippen LogP) is 3.91. The maximum Gasteiger partial charge on any atom is 0.354 e. The Labute approximate surface area is 116 Å². The van der Waals surface area contributed by atoms with Crippen molar-refractivity contribution in [1.82, 2.24) is 4.98 Å². The molecule has 0 saturated carbocycles. The number of fused-ring (bicyclic) bond motifs is 1. The molecule has 20 heavy (non-hydrogen) atoms. The molecule has 1 heterocycles. The van der Waals surface area contributed by atoms with Gasteiger partial charge >= 0.3 is 5.97 Å². The van der Waals surface area contributed by atoms with Crippen LogP contribution in [0.2, 0.25) is 0 Å². The second-order valence-electron chi connectivity index (χ2n) is 4.65. The van der Waals surface area contributed by atoms with E-state index < -0.39 is 5.97 Å². The van der Waals surface area contributed by atoms with Gasteiger partial charge in [-0.3, -0.25) is 0 Å². The average molecular weight is 263 g/mol. The summed E-state index contributed by atoms with van der Waals surface area (Å²) in [7, 11) is 0. The first kappa shape index (κ1) is 12.4. The first-order chi connectivity index (χ1) is 9.68. The van der Waals surface area contributed by atoms with Gasteiger partial charge in [-0.15, -0.1) is 0 Å². The van der Waals surface area contributed by atoms with E-state index >= 15 is 0 Å². The van der Waals surface area contributed by atoms with Crippen molar-refractivity contribution < 1.29 is 9.90 Å². The smallest absolute Gasteiger partial charge is 0.354 e. The summed E-state index contributed by atoms with van der Waals surface area (Å²) in [5.41, 5.74) is 3.46. The summed E-state index contributed by atoms with van der Waals surface area (Å²) in [5.74, 6) is -0.995. The van der Waals surface area contributed by atoms with Crippen molar-refractivity contribution in [3.63, 3.8) is 0 Å². The van der Waals surface area contributed by atoms with E-state index in [1.807, 2.05) is 61.5 Å². The highest BCUT2D eigenvalue weighted by Crippen LogP contribution is 2.32. The summed E-state index contributed by atoms with van der Waals surface area (Å²) in [6.07, 6.45) is 0. The van der Waals surface area contributed by atoms with E-state index in [9.17, 15) is 9.90 Å². The molecule has 0 bridgehead atoms. The third-order valence-corrected chi connectivity index (χ3v) is 3.40. The lowest BCUT2D eigenvalue weighted by atomic mass is 9.95. The first-order valence-electron chi connectivity index (χ1n) is 6.36. The Morgan fingerprint density at radius 2 is 1.65 bits per heavy atom. The standard InChI is InChI=1S/C17H13NO2/c1-11-15(12-7-3-2-4-8-12)13-9-5-6-10-14(13)18-16(11)17(19)20/h2-10H,1H3,(H,19,20). The SMILES string of the molecule is Cc1c(C(=O)O)nc2ccccc2c1-c1ccccc1. The Hall–Kier alpha value is -2.68. The average Bonchev–Trinajstić information content (AvgIpc) is 2.47. The van der Waals surface area contributed by atoms with Crippen molar-refractivity contribution in [2.24, 2.45) is 0 Å². The zero-order chi connectivity index (χ0) is 14.1. The normalized spacial score (nSPS) is 10.7. The molecular weight excluding hydrogens is 250 g/mol. The van der Waals surface area contributed by atoms with Crippen LogP contribution in [0, 0.1) is 6.92 Å². The number of aromatic carboxylic acids is 1. The van der Waals surface area contributed by atoms with E-state index in [0.717, 1.165) is 16.5 Å². The zero-order valence-corrected chi connectivity index (χ0v) is 11.0. The van der Waals surface area contributed by atoms with Gasteiger partial charge in [0, 0.05) is 5.39 Å². The Balaban J connectivity index is 2.45. The van der Waals surface area contributed by atoms with Crippen molar-refractivity contribution in [2.75, 3.05) is 0 Å². The fraction of sp³-hybridized carbons (Fsp3) is 0.0588. The highest BCUT2D eigenvalue weighted by atomic mass is 16.4. The van der Waals surface area contributed by atoms with Gasteiger partial charge in [-0.2, -0.15) is 0 Å². The van der Waals surface area contributed by atoms with E-state index in [0.29, 0.717) is 11.1 Å².